The first-order chi connectivity index (χ1) is 68.4. The second-order valence-electron chi connectivity index (χ2n) is 31.9. The smallest absolute Gasteiger partial charge is 0.356 e. The van der Waals surface area contributed by atoms with Crippen molar-refractivity contribution in [1.82, 2.24) is 78.1 Å². The van der Waals surface area contributed by atoms with Crippen LogP contribution in [-0.2, 0) is 131 Å². The van der Waals surface area contributed by atoms with Gasteiger partial charge in [-0.15, -0.1) is 0 Å². The molecular weight excluding hydrogens is 1920 g/mol. The van der Waals surface area contributed by atoms with Crippen molar-refractivity contribution in [3.63, 3.8) is 0 Å². The van der Waals surface area contributed by atoms with E-state index in [1.54, 1.807) is 67.8 Å². The van der Waals surface area contributed by atoms with E-state index in [0.29, 0.717) is 45.0 Å². The van der Waals surface area contributed by atoms with E-state index in [4.69, 9.17) is 82.8 Å². The molecule has 4 atom stereocenters. The van der Waals surface area contributed by atoms with Crippen molar-refractivity contribution in [3.05, 3.63) is 310 Å². The fourth-order valence-electron chi connectivity index (χ4n) is 13.3. The summed E-state index contributed by atoms with van der Waals surface area (Å²) in [6.07, 6.45) is 6.00. The van der Waals surface area contributed by atoms with Crippen LogP contribution in [0.2, 0.25) is 0 Å². The number of nitrogens with one attached hydrogen (secondary N) is 4. The van der Waals surface area contributed by atoms with Crippen molar-refractivity contribution in [2.75, 3.05) is 108 Å². The molecule has 8 heterocycles. The van der Waals surface area contributed by atoms with Gasteiger partial charge in [-0.05, 0) is 79.6 Å². The Kier molecular flexibility index (Phi) is 37.4. The van der Waals surface area contributed by atoms with E-state index in [9.17, 15) is 56.6 Å². The van der Waals surface area contributed by atoms with Crippen LogP contribution in [0.1, 0.15) is 82.9 Å². The Balaban J connectivity index is 0.000000159. The highest BCUT2D eigenvalue weighted by molar-refractivity contribution is 7.54. The number of fused-ring (bicyclic) bond motifs is 4. The Hall–Kier alpha value is -13.9. The lowest BCUT2D eigenvalue weighted by molar-refractivity contribution is -0.122. The van der Waals surface area contributed by atoms with Crippen LogP contribution in [0.15, 0.2) is 233 Å². The molecule has 8 aromatic heterocycles. The molecule has 0 saturated heterocycles. The zero-order valence-electron chi connectivity index (χ0n) is 77.5. The van der Waals surface area contributed by atoms with Gasteiger partial charge in [-0.25, -0.2) is 19.9 Å². The van der Waals surface area contributed by atoms with Crippen molar-refractivity contribution in [3.8, 4) is 5.75 Å². The third-order valence-corrected chi connectivity index (χ3v) is 27.2. The van der Waals surface area contributed by atoms with Gasteiger partial charge in [0.25, 0.3) is 22.2 Å². The number of hydrogen-bond acceptors (Lipinski definition) is 37. The van der Waals surface area contributed by atoms with Gasteiger partial charge in [0.2, 0.25) is 23.8 Å². The molecule has 1 aliphatic rings. The summed E-state index contributed by atoms with van der Waals surface area (Å²) in [4.78, 5) is 140. The van der Waals surface area contributed by atoms with Gasteiger partial charge in [0.05, 0.1) is 85.3 Å². The van der Waals surface area contributed by atoms with E-state index in [-0.39, 0.29) is 180 Å². The van der Waals surface area contributed by atoms with Crippen molar-refractivity contribution in [2.45, 2.75) is 86.2 Å². The summed E-state index contributed by atoms with van der Waals surface area (Å²) in [7, 11) is -13.6. The number of carbonyl (C=O) groups excluding carboxylic acids is 4. The Morgan fingerprint density at radius 3 is 0.873 bits per heavy atom. The number of benzene rings is 7. The third kappa shape index (κ3) is 31.0. The SMILES string of the molecule is COc1ccc(C(=O)COP(=O)(COCCn2cnc3c(=O)[nH]c(N)nc32)OCc2ccccc2)cc1C.Cc1ccc(C(=O)COP(=O)(COCCn2cnc3c(=O)[nH]c(N)nc32)OCc2ccccc2)cc1.Cc1ccc(C(=O)COP(=O)(COCCn2cnc3c(=O)[nH]c(N)nc32)OCc2ccccc2)cc1.Nc1nc2c(ncn2CCOCP(=O)(OCC(=O)C2CC2)OCc2ccccc2)c(=O)[nH]1. The number of methoxy groups -OCH3 is 1. The molecule has 49 heteroatoms. The molecule has 16 rings (SSSR count). The number of Topliss-reactive ketones (excluding diaryl/α,β-unsaturated/α-hetero) is 4. The fourth-order valence-corrected chi connectivity index (χ4v) is 18.2. The van der Waals surface area contributed by atoms with Crippen molar-refractivity contribution in [1.29, 1.82) is 0 Å². The van der Waals surface area contributed by atoms with E-state index >= 15 is 0 Å². The van der Waals surface area contributed by atoms with Gasteiger partial charge >= 0.3 is 30.4 Å². The van der Waals surface area contributed by atoms with Gasteiger partial charge in [0, 0.05) is 48.8 Å². The maximum Gasteiger partial charge on any atom is 0.356 e. The van der Waals surface area contributed by atoms with Crippen LogP contribution in [0.3, 0.4) is 0 Å². The average molecular weight is 2030 g/mol. The molecule has 1 saturated carbocycles. The number of ether oxygens (including phenoxy) is 5. The second-order valence-corrected chi connectivity index (χ2v) is 39.9. The predicted molar refractivity (Wildman–Crippen MR) is 523 cm³/mol. The second kappa shape index (κ2) is 50.4. The lowest BCUT2D eigenvalue weighted by atomic mass is 10.1. The Morgan fingerprint density at radius 2 is 0.613 bits per heavy atom. The number of imidazole rings is 4. The summed E-state index contributed by atoms with van der Waals surface area (Å²) < 4.78 is 132. The van der Waals surface area contributed by atoms with Gasteiger partial charge in [0.15, 0.2) is 67.8 Å². The summed E-state index contributed by atoms with van der Waals surface area (Å²) in [5, 5.41) is 0. The monoisotopic (exact) mass is 2020 g/mol. The molecule has 15 aromatic rings. The third-order valence-electron chi connectivity index (χ3n) is 21.0. The van der Waals surface area contributed by atoms with Gasteiger partial charge < -0.3 is 83.0 Å². The molecule has 4 unspecified atom stereocenters. The predicted octanol–water partition coefficient (Wildman–Crippen LogP) is 12.0. The van der Waals surface area contributed by atoms with Crippen LogP contribution in [0.5, 0.6) is 5.75 Å². The number of H-pyrrole nitrogens is 4. The molecule has 1 aliphatic carbocycles. The lowest BCUT2D eigenvalue weighted by Crippen LogP contribution is -2.14. The number of nitrogens with zero attached hydrogens (tertiary/aromatic N) is 12. The van der Waals surface area contributed by atoms with Crippen LogP contribution in [0.4, 0.5) is 23.8 Å². The van der Waals surface area contributed by atoms with Gasteiger partial charge in [0.1, 0.15) is 57.6 Å². The Bertz CT molecular complexity index is 7070. The number of carbonyl (C=O) groups is 4. The number of nitrogens with two attached hydrogens (primary N) is 4. The van der Waals surface area contributed by atoms with E-state index in [2.05, 4.69) is 59.8 Å². The van der Waals surface area contributed by atoms with Crippen molar-refractivity contribution in [2.24, 2.45) is 5.92 Å². The summed E-state index contributed by atoms with van der Waals surface area (Å²) in [5.74, 6) is -0.537. The number of nitrogen functional groups attached to an aromatic ring is 4. The largest absolute Gasteiger partial charge is 0.496 e. The number of aromatic nitrogens is 16. The first kappa shape index (κ1) is 105. The molecule has 142 heavy (non-hydrogen) atoms. The van der Waals surface area contributed by atoms with Crippen molar-refractivity contribution >= 4 is 122 Å². The summed E-state index contributed by atoms with van der Waals surface area (Å²) in [6.45, 7) is 5.65. The lowest BCUT2D eigenvalue weighted by Gasteiger charge is -2.19. The van der Waals surface area contributed by atoms with Gasteiger partial charge in [-0.2, -0.15) is 19.9 Å². The first-order valence-corrected chi connectivity index (χ1v) is 51.0. The molecule has 7 aromatic carbocycles. The van der Waals surface area contributed by atoms with Crippen LogP contribution in [0, 0.1) is 26.7 Å². The number of aromatic amines is 4. The normalized spacial score (nSPS) is 13.6. The minimum atomic E-state index is -3.84. The summed E-state index contributed by atoms with van der Waals surface area (Å²) in [5.41, 5.74) is 29.9. The molecule has 1 fully saturated rings. The minimum absolute atomic E-state index is 0.00361. The van der Waals surface area contributed by atoms with Crippen molar-refractivity contribution < 1.29 is 97.3 Å². The molecule has 12 N–H and O–H groups in total. The van der Waals surface area contributed by atoms with E-state index in [0.717, 1.165) is 51.8 Å². The van der Waals surface area contributed by atoms with Gasteiger partial charge in [-0.1, -0.05) is 181 Å². The molecule has 0 aliphatic heterocycles. The van der Waals surface area contributed by atoms with Gasteiger partial charge in [-0.3, -0.25) is 94.6 Å². The minimum Gasteiger partial charge on any atom is -0.496 e. The standard InChI is InChI=1S/C25H28N5O7P.2C24H26N5O6P.C20H24N5O6P/c1-17-12-19(8-9-21(17)34-2)20(31)14-37-38(33,36-13-18-6-4-3-5-7-18)16-35-11-10-30-15-27-22-23(30)28-25(26)29-24(22)32;2*1-17-7-9-19(10-8-17)20(30)14-35-36(32,34-13-18-5-3-2-4-6-18)16-33-12-11-29-15-26-21-22(29)27-24(25)28-23(21)31;21-20-23-18-17(19(27)24-20)22-12-25(18)8-9-29-13-32(28,31-11-16(26)15-6-7-15)30-10-14-4-2-1-3-5-14/h3-9,12,15H,10-11,13-14,16H2,1-2H3,(H3,26,28,29,32);2*2-10,15H,11-14,16H2,1H3,(H3,25,27,28,31);1-5,12,15H,6-11,13H2,(H3,21,23,24,27). The first-order valence-electron chi connectivity index (χ1n) is 44.1. The van der Waals surface area contributed by atoms with E-state index in [1.165, 1.54) is 25.3 Å². The Labute approximate surface area is 809 Å². The number of ketones is 4. The summed E-state index contributed by atoms with van der Waals surface area (Å²) in [6, 6.07) is 55.8. The molecule has 0 amide bonds. The highest BCUT2D eigenvalue weighted by atomic mass is 31.2. The number of hydrogen-bond donors (Lipinski definition) is 8. The van der Waals surface area contributed by atoms with Crippen LogP contribution < -0.4 is 49.9 Å². The van der Waals surface area contributed by atoms with Crippen LogP contribution >= 0.6 is 30.4 Å². The molecule has 0 radical (unpaired) electrons. The molecular formula is C93H104N20O25P4. The van der Waals surface area contributed by atoms with E-state index < -0.39 is 78.8 Å². The molecule has 45 nitrogen and oxygen atoms in total. The van der Waals surface area contributed by atoms with Crippen LogP contribution in [-0.4, -0.2) is 187 Å². The number of aryl methyl sites for hydroxylation is 3. The number of rotatable bonds is 49. The zero-order chi connectivity index (χ0) is 101. The molecule has 0 spiro atoms. The Morgan fingerprint density at radius 1 is 0.352 bits per heavy atom. The molecule has 0 bridgehead atoms. The average Bonchev–Trinajstić information content (AvgIpc) is 1.67. The fraction of sp³-hybridized carbons (Fsp3) is 0.290. The maximum absolute atomic E-state index is 13.5. The maximum atomic E-state index is 13.5. The van der Waals surface area contributed by atoms with E-state index in [1.807, 2.05) is 166 Å². The molecule has 746 valence electrons. The summed E-state index contributed by atoms with van der Waals surface area (Å²) >= 11 is 0. The topological polar surface area (TPSA) is 615 Å². The van der Waals surface area contributed by atoms with Crippen LogP contribution in [0.25, 0.3) is 44.7 Å². The zero-order valence-corrected chi connectivity index (χ0v) is 81.1. The highest BCUT2D eigenvalue weighted by Crippen LogP contribution is 2.52. The highest BCUT2D eigenvalue weighted by Gasteiger charge is 2.35. The quantitative estimate of drug-likeness (QED) is 0.00997. The number of anilines is 4.